The third-order valence-corrected chi connectivity index (χ3v) is 2.57. The Bertz CT molecular complexity index is 609. The number of halogens is 3. The summed E-state index contributed by atoms with van der Waals surface area (Å²) >= 11 is 0. The van der Waals surface area contributed by atoms with Crippen molar-refractivity contribution in [2.45, 2.75) is 13.0 Å². The van der Waals surface area contributed by atoms with E-state index in [-0.39, 0.29) is 12.4 Å². The molecule has 106 valence electrons. The minimum absolute atomic E-state index is 0.182. The molecule has 0 heterocycles. The molecule has 0 bridgehead atoms. The van der Waals surface area contributed by atoms with Crippen molar-refractivity contribution in [3.63, 3.8) is 0 Å². The van der Waals surface area contributed by atoms with Crippen LogP contribution in [0.4, 0.5) is 13.2 Å². The second-order valence-corrected chi connectivity index (χ2v) is 4.12. The van der Waals surface area contributed by atoms with Crippen molar-refractivity contribution >= 4 is 0 Å². The number of aromatic hydroxyl groups is 1. The molecular formula is C14H11F3O3. The molecule has 0 aliphatic heterocycles. The van der Waals surface area contributed by atoms with Crippen LogP contribution in [0.1, 0.15) is 5.56 Å². The zero-order valence-corrected chi connectivity index (χ0v) is 10.2. The van der Waals surface area contributed by atoms with Gasteiger partial charge in [0.1, 0.15) is 11.5 Å². The van der Waals surface area contributed by atoms with E-state index in [9.17, 15) is 18.3 Å². The Morgan fingerprint density at radius 2 is 1.75 bits per heavy atom. The highest BCUT2D eigenvalue weighted by molar-refractivity contribution is 5.67. The molecule has 0 aliphatic rings. The monoisotopic (exact) mass is 284 g/mol. The topological polar surface area (TPSA) is 49.7 Å². The van der Waals surface area contributed by atoms with Crippen molar-refractivity contribution in [1.82, 2.24) is 0 Å². The average Bonchev–Trinajstić information content (AvgIpc) is 2.36. The van der Waals surface area contributed by atoms with E-state index in [2.05, 4.69) is 4.74 Å². The summed E-state index contributed by atoms with van der Waals surface area (Å²) in [4.78, 5) is 0. The van der Waals surface area contributed by atoms with Gasteiger partial charge in [0.15, 0.2) is 0 Å². The maximum atomic E-state index is 12.2. The fourth-order valence-corrected chi connectivity index (χ4v) is 1.79. The van der Waals surface area contributed by atoms with E-state index in [1.807, 2.05) is 0 Å². The molecule has 3 nitrogen and oxygen atoms in total. The number of benzene rings is 2. The Hall–Kier alpha value is -2.21. The van der Waals surface area contributed by atoms with Crippen LogP contribution in [-0.2, 0) is 6.61 Å². The molecule has 2 N–H and O–H groups in total. The lowest BCUT2D eigenvalue weighted by molar-refractivity contribution is -0.274. The summed E-state index contributed by atoms with van der Waals surface area (Å²) in [6, 6.07) is 9.99. The molecular weight excluding hydrogens is 273 g/mol. The van der Waals surface area contributed by atoms with Crippen LogP contribution >= 0.6 is 0 Å². The molecule has 2 aromatic rings. The molecule has 0 saturated heterocycles. The molecule has 0 amide bonds. The van der Waals surface area contributed by atoms with Crippen LogP contribution in [0, 0.1) is 0 Å². The first-order valence-electron chi connectivity index (χ1n) is 5.67. The van der Waals surface area contributed by atoms with E-state index >= 15 is 0 Å². The normalized spacial score (nSPS) is 11.4. The molecule has 0 atom stereocenters. The maximum absolute atomic E-state index is 12.2. The fourth-order valence-electron chi connectivity index (χ4n) is 1.79. The Morgan fingerprint density at radius 3 is 2.40 bits per heavy atom. The molecule has 0 aromatic heterocycles. The quantitative estimate of drug-likeness (QED) is 0.907. The van der Waals surface area contributed by atoms with Crippen LogP contribution in [0.25, 0.3) is 11.1 Å². The third kappa shape index (κ3) is 3.64. The Kier molecular flexibility index (Phi) is 3.85. The molecule has 0 fully saturated rings. The van der Waals surface area contributed by atoms with E-state index < -0.39 is 12.1 Å². The van der Waals surface area contributed by atoms with Gasteiger partial charge in [0.05, 0.1) is 6.61 Å². The van der Waals surface area contributed by atoms with Gasteiger partial charge in [-0.15, -0.1) is 13.2 Å². The lowest BCUT2D eigenvalue weighted by Crippen LogP contribution is -2.17. The SMILES string of the molecule is OCc1cccc(-c2cc(O)cc(OC(F)(F)F)c2)c1. The predicted octanol–water partition coefficient (Wildman–Crippen LogP) is 3.45. The highest BCUT2D eigenvalue weighted by atomic mass is 19.4. The summed E-state index contributed by atoms with van der Waals surface area (Å²) in [6.45, 7) is -0.182. The van der Waals surface area contributed by atoms with E-state index in [1.54, 1.807) is 24.3 Å². The number of hydrogen-bond acceptors (Lipinski definition) is 3. The fraction of sp³-hybridized carbons (Fsp3) is 0.143. The van der Waals surface area contributed by atoms with Gasteiger partial charge >= 0.3 is 6.36 Å². The molecule has 20 heavy (non-hydrogen) atoms. The molecule has 0 aliphatic carbocycles. The summed E-state index contributed by atoms with van der Waals surface area (Å²) in [5, 5.41) is 18.5. The van der Waals surface area contributed by atoms with E-state index in [4.69, 9.17) is 5.11 Å². The third-order valence-electron chi connectivity index (χ3n) is 2.57. The van der Waals surface area contributed by atoms with Gasteiger partial charge in [0.2, 0.25) is 0 Å². The average molecular weight is 284 g/mol. The van der Waals surface area contributed by atoms with Crippen molar-refractivity contribution < 1.29 is 28.1 Å². The largest absolute Gasteiger partial charge is 0.573 e. The van der Waals surface area contributed by atoms with E-state index in [0.717, 1.165) is 6.07 Å². The summed E-state index contributed by atoms with van der Waals surface area (Å²) < 4.78 is 40.4. The van der Waals surface area contributed by atoms with Gasteiger partial charge in [-0.05, 0) is 34.9 Å². The minimum atomic E-state index is -4.82. The number of hydrogen-bond donors (Lipinski definition) is 2. The van der Waals surface area contributed by atoms with Gasteiger partial charge in [-0.2, -0.15) is 0 Å². The number of phenols is 1. The minimum Gasteiger partial charge on any atom is -0.508 e. The van der Waals surface area contributed by atoms with Gasteiger partial charge in [-0.1, -0.05) is 18.2 Å². The number of rotatable bonds is 3. The molecule has 0 radical (unpaired) electrons. The first-order chi connectivity index (χ1) is 9.37. The zero-order chi connectivity index (χ0) is 14.8. The predicted molar refractivity (Wildman–Crippen MR) is 66.1 cm³/mol. The van der Waals surface area contributed by atoms with Crippen molar-refractivity contribution in [2.24, 2.45) is 0 Å². The van der Waals surface area contributed by atoms with Crippen molar-refractivity contribution in [3.8, 4) is 22.6 Å². The molecule has 0 unspecified atom stereocenters. The van der Waals surface area contributed by atoms with Gasteiger partial charge in [-0.25, -0.2) is 0 Å². The van der Waals surface area contributed by atoms with Crippen LogP contribution < -0.4 is 4.74 Å². The lowest BCUT2D eigenvalue weighted by atomic mass is 10.0. The van der Waals surface area contributed by atoms with Crippen molar-refractivity contribution in [2.75, 3.05) is 0 Å². The number of alkyl halides is 3. The second-order valence-electron chi connectivity index (χ2n) is 4.12. The molecule has 0 saturated carbocycles. The highest BCUT2D eigenvalue weighted by Crippen LogP contribution is 2.32. The van der Waals surface area contributed by atoms with Crippen molar-refractivity contribution in [1.29, 1.82) is 0 Å². The second kappa shape index (κ2) is 5.42. The molecule has 2 rings (SSSR count). The van der Waals surface area contributed by atoms with E-state index in [0.29, 0.717) is 16.7 Å². The number of aliphatic hydroxyl groups is 1. The number of ether oxygens (including phenoxy) is 1. The number of phenolic OH excluding ortho intramolecular Hbond substituents is 1. The summed E-state index contributed by atoms with van der Waals surface area (Å²) in [5.41, 5.74) is 1.54. The summed E-state index contributed by atoms with van der Waals surface area (Å²) in [7, 11) is 0. The van der Waals surface area contributed by atoms with Crippen LogP contribution in [0.2, 0.25) is 0 Å². The number of aliphatic hydroxyl groups excluding tert-OH is 1. The Morgan fingerprint density at radius 1 is 1.00 bits per heavy atom. The van der Waals surface area contributed by atoms with E-state index in [1.165, 1.54) is 12.1 Å². The van der Waals surface area contributed by atoms with Crippen LogP contribution in [-0.4, -0.2) is 16.6 Å². The first-order valence-corrected chi connectivity index (χ1v) is 5.67. The van der Waals surface area contributed by atoms with Crippen LogP contribution in [0.3, 0.4) is 0 Å². The maximum Gasteiger partial charge on any atom is 0.573 e. The standard InChI is InChI=1S/C14H11F3O3/c15-14(16,17)20-13-6-11(5-12(19)7-13)10-3-1-2-9(4-10)8-18/h1-7,18-19H,8H2. The zero-order valence-electron chi connectivity index (χ0n) is 10.2. The smallest absolute Gasteiger partial charge is 0.508 e. The van der Waals surface area contributed by atoms with Gasteiger partial charge in [0, 0.05) is 6.07 Å². The Balaban J connectivity index is 2.41. The molecule has 6 heteroatoms. The van der Waals surface area contributed by atoms with Crippen molar-refractivity contribution in [3.05, 3.63) is 48.0 Å². The summed E-state index contributed by atoms with van der Waals surface area (Å²) in [6.07, 6.45) is -4.82. The van der Waals surface area contributed by atoms with Crippen LogP contribution in [0.5, 0.6) is 11.5 Å². The Labute approximate surface area is 112 Å². The van der Waals surface area contributed by atoms with Gasteiger partial charge in [0.25, 0.3) is 0 Å². The molecule has 2 aromatic carbocycles. The highest BCUT2D eigenvalue weighted by Gasteiger charge is 2.31. The lowest BCUT2D eigenvalue weighted by Gasteiger charge is -2.11. The molecule has 0 spiro atoms. The van der Waals surface area contributed by atoms with Gasteiger partial charge < -0.3 is 14.9 Å². The first kappa shape index (κ1) is 14.2. The van der Waals surface area contributed by atoms with Crippen LogP contribution in [0.15, 0.2) is 42.5 Å². The summed E-state index contributed by atoms with van der Waals surface area (Å²) in [5.74, 6) is -0.835. The van der Waals surface area contributed by atoms with Gasteiger partial charge in [-0.3, -0.25) is 0 Å².